The molecule has 0 spiro atoms. The number of pyridine rings is 1. The molecule has 0 aliphatic rings. The molecule has 0 radical (unpaired) electrons. The van der Waals surface area contributed by atoms with Crippen LogP contribution in [0.15, 0.2) is 12.3 Å². The fourth-order valence-corrected chi connectivity index (χ4v) is 0.800. The Morgan fingerprint density at radius 2 is 2.08 bits per heavy atom. The normalized spacial score (nSPS) is 11.3. The fourth-order valence-electron chi connectivity index (χ4n) is 0.800. The average molecular weight is 190 g/mol. The van der Waals surface area contributed by atoms with Gasteiger partial charge in [-0.1, -0.05) is 0 Å². The smallest absolute Gasteiger partial charge is 0.397 e. The highest BCUT2D eigenvalue weighted by Crippen LogP contribution is 2.31. The van der Waals surface area contributed by atoms with Gasteiger partial charge in [0.15, 0.2) is 12.0 Å². The number of aromatic nitrogens is 1. The number of nitrogens with two attached hydrogens (primary N) is 1. The van der Waals surface area contributed by atoms with Crippen LogP contribution in [0.25, 0.3) is 0 Å². The highest BCUT2D eigenvalue weighted by Gasteiger charge is 2.34. The van der Waals surface area contributed by atoms with Crippen molar-refractivity contribution in [3.8, 4) is 0 Å². The molecule has 0 saturated carbocycles. The molecule has 2 N–H and O–H groups in total. The quantitative estimate of drug-likeness (QED) is 0.682. The topological polar surface area (TPSA) is 56.0 Å². The van der Waals surface area contributed by atoms with Crippen LogP contribution in [0.1, 0.15) is 16.1 Å². The van der Waals surface area contributed by atoms with Gasteiger partial charge in [0.05, 0.1) is 5.69 Å². The first-order valence-electron chi connectivity index (χ1n) is 3.23. The zero-order chi connectivity index (χ0) is 10.1. The molecule has 1 aromatic rings. The van der Waals surface area contributed by atoms with Crippen molar-refractivity contribution >= 4 is 12.0 Å². The van der Waals surface area contributed by atoms with Crippen LogP contribution >= 0.6 is 0 Å². The molecular formula is C7H5F3N2O. The SMILES string of the molecule is Nc1cc(C=O)cnc1C(F)(F)F. The third-order valence-electron chi connectivity index (χ3n) is 1.34. The largest absolute Gasteiger partial charge is 0.435 e. The van der Waals surface area contributed by atoms with E-state index in [1.165, 1.54) is 0 Å². The van der Waals surface area contributed by atoms with Crippen LogP contribution in [-0.4, -0.2) is 11.3 Å². The van der Waals surface area contributed by atoms with E-state index in [9.17, 15) is 18.0 Å². The Labute approximate surface area is 71.4 Å². The summed E-state index contributed by atoms with van der Waals surface area (Å²) in [4.78, 5) is 13.2. The van der Waals surface area contributed by atoms with Crippen LogP contribution in [0.5, 0.6) is 0 Å². The summed E-state index contributed by atoms with van der Waals surface area (Å²) >= 11 is 0. The van der Waals surface area contributed by atoms with Gasteiger partial charge in [0.2, 0.25) is 0 Å². The first-order valence-corrected chi connectivity index (χ1v) is 3.23. The molecule has 13 heavy (non-hydrogen) atoms. The third-order valence-corrected chi connectivity index (χ3v) is 1.34. The number of anilines is 1. The Balaban J connectivity index is 3.20. The molecule has 0 aromatic carbocycles. The summed E-state index contributed by atoms with van der Waals surface area (Å²) in [5, 5.41) is 0. The second-order valence-electron chi connectivity index (χ2n) is 2.32. The summed E-state index contributed by atoms with van der Waals surface area (Å²) in [5.41, 5.74) is 3.35. The van der Waals surface area contributed by atoms with Crippen LogP contribution in [0.2, 0.25) is 0 Å². The molecule has 1 aromatic heterocycles. The van der Waals surface area contributed by atoms with Crippen molar-refractivity contribution in [3.63, 3.8) is 0 Å². The van der Waals surface area contributed by atoms with Gasteiger partial charge in [-0.25, -0.2) is 4.98 Å². The monoisotopic (exact) mass is 190 g/mol. The number of rotatable bonds is 1. The molecule has 6 heteroatoms. The molecular weight excluding hydrogens is 185 g/mol. The highest BCUT2D eigenvalue weighted by atomic mass is 19.4. The Kier molecular flexibility index (Phi) is 2.22. The van der Waals surface area contributed by atoms with Gasteiger partial charge in [0, 0.05) is 11.8 Å². The Morgan fingerprint density at radius 1 is 1.46 bits per heavy atom. The van der Waals surface area contributed by atoms with E-state index in [2.05, 4.69) is 4.98 Å². The van der Waals surface area contributed by atoms with E-state index in [1.807, 2.05) is 0 Å². The number of nitrogen functional groups attached to an aromatic ring is 1. The molecule has 0 aliphatic carbocycles. The van der Waals surface area contributed by atoms with Crippen LogP contribution in [0.4, 0.5) is 18.9 Å². The minimum absolute atomic E-state index is 0.0190. The molecule has 0 amide bonds. The van der Waals surface area contributed by atoms with Crippen LogP contribution < -0.4 is 5.73 Å². The second-order valence-corrected chi connectivity index (χ2v) is 2.32. The van der Waals surface area contributed by atoms with Crippen molar-refractivity contribution in [2.45, 2.75) is 6.18 Å². The number of alkyl halides is 3. The van der Waals surface area contributed by atoms with E-state index in [1.54, 1.807) is 0 Å². The van der Waals surface area contributed by atoms with E-state index in [-0.39, 0.29) is 5.56 Å². The lowest BCUT2D eigenvalue weighted by atomic mass is 10.2. The highest BCUT2D eigenvalue weighted by molar-refractivity contribution is 5.76. The third kappa shape index (κ3) is 1.95. The van der Waals surface area contributed by atoms with E-state index in [0.29, 0.717) is 6.29 Å². The summed E-state index contributed by atoms with van der Waals surface area (Å²) in [6, 6.07) is 0.933. The van der Waals surface area contributed by atoms with Gasteiger partial charge in [-0.05, 0) is 6.07 Å². The molecule has 1 rings (SSSR count). The summed E-state index contributed by atoms with van der Waals surface area (Å²) in [5.74, 6) is 0. The lowest BCUT2D eigenvalue weighted by Gasteiger charge is -2.07. The van der Waals surface area contributed by atoms with Gasteiger partial charge in [-0.15, -0.1) is 0 Å². The molecule has 0 atom stereocenters. The Bertz CT molecular complexity index is 335. The maximum atomic E-state index is 12.1. The van der Waals surface area contributed by atoms with E-state index in [4.69, 9.17) is 5.73 Å². The minimum atomic E-state index is -4.58. The molecule has 0 unspecified atom stereocenters. The zero-order valence-electron chi connectivity index (χ0n) is 6.30. The molecule has 1 heterocycles. The standard InChI is InChI=1S/C7H5F3N2O/c8-7(9,10)6-5(11)1-4(3-13)2-12-6/h1-3H,11H2. The van der Waals surface area contributed by atoms with Crippen molar-refractivity contribution in [1.82, 2.24) is 4.98 Å². The minimum Gasteiger partial charge on any atom is -0.397 e. The van der Waals surface area contributed by atoms with Gasteiger partial charge in [-0.3, -0.25) is 4.79 Å². The van der Waals surface area contributed by atoms with E-state index >= 15 is 0 Å². The van der Waals surface area contributed by atoms with Gasteiger partial charge < -0.3 is 5.73 Å². The van der Waals surface area contributed by atoms with E-state index in [0.717, 1.165) is 12.3 Å². The average Bonchev–Trinajstić information content (AvgIpc) is 2.01. The number of halogens is 3. The molecule has 0 saturated heterocycles. The predicted molar refractivity (Wildman–Crippen MR) is 39.0 cm³/mol. The molecule has 0 fully saturated rings. The van der Waals surface area contributed by atoms with Crippen molar-refractivity contribution in [3.05, 3.63) is 23.5 Å². The van der Waals surface area contributed by atoms with Crippen LogP contribution in [-0.2, 0) is 6.18 Å². The first kappa shape index (κ1) is 9.50. The molecule has 70 valence electrons. The van der Waals surface area contributed by atoms with Gasteiger partial charge in [0.1, 0.15) is 0 Å². The summed E-state index contributed by atoms with van der Waals surface area (Å²) in [6.07, 6.45) is -3.37. The van der Waals surface area contributed by atoms with Crippen molar-refractivity contribution < 1.29 is 18.0 Å². The maximum absolute atomic E-state index is 12.1. The predicted octanol–water partition coefficient (Wildman–Crippen LogP) is 1.50. The first-order chi connectivity index (χ1) is 5.95. The fraction of sp³-hybridized carbons (Fsp3) is 0.143. The lowest BCUT2D eigenvalue weighted by Crippen LogP contribution is -2.11. The van der Waals surface area contributed by atoms with Gasteiger partial charge >= 0.3 is 6.18 Å². The van der Waals surface area contributed by atoms with E-state index < -0.39 is 17.6 Å². The number of carbonyl (C=O) groups excluding carboxylic acids is 1. The van der Waals surface area contributed by atoms with Crippen LogP contribution in [0.3, 0.4) is 0 Å². The number of carbonyl (C=O) groups is 1. The number of hydrogen-bond acceptors (Lipinski definition) is 3. The summed E-state index contributed by atoms with van der Waals surface area (Å²) in [6.45, 7) is 0. The summed E-state index contributed by atoms with van der Waals surface area (Å²) < 4.78 is 36.2. The van der Waals surface area contributed by atoms with Crippen molar-refractivity contribution in [1.29, 1.82) is 0 Å². The number of nitrogens with zero attached hydrogens (tertiary/aromatic N) is 1. The molecule has 3 nitrogen and oxygen atoms in total. The number of aldehydes is 1. The Hall–Kier alpha value is -1.59. The lowest BCUT2D eigenvalue weighted by molar-refractivity contribution is -0.140. The van der Waals surface area contributed by atoms with Crippen LogP contribution in [0, 0.1) is 0 Å². The zero-order valence-corrected chi connectivity index (χ0v) is 6.30. The van der Waals surface area contributed by atoms with Gasteiger partial charge in [0.25, 0.3) is 0 Å². The molecule has 0 bridgehead atoms. The second kappa shape index (κ2) is 3.04. The molecule has 0 aliphatic heterocycles. The summed E-state index contributed by atoms with van der Waals surface area (Å²) in [7, 11) is 0. The van der Waals surface area contributed by atoms with Crippen molar-refractivity contribution in [2.75, 3.05) is 5.73 Å². The Morgan fingerprint density at radius 3 is 2.46 bits per heavy atom. The maximum Gasteiger partial charge on any atom is 0.435 e. The van der Waals surface area contributed by atoms with Crippen molar-refractivity contribution in [2.24, 2.45) is 0 Å². The van der Waals surface area contributed by atoms with Gasteiger partial charge in [-0.2, -0.15) is 13.2 Å². The number of hydrogen-bond donors (Lipinski definition) is 1.